The molecule has 0 atom stereocenters. The molecule has 0 radical (unpaired) electrons. The van der Waals surface area contributed by atoms with Crippen LogP contribution in [0.5, 0.6) is 5.75 Å². The highest BCUT2D eigenvalue weighted by atomic mass is 16.5. The number of fused-ring (bicyclic) bond motifs is 1. The number of carbonyl (C=O) groups is 2. The molecule has 0 fully saturated rings. The Balaban J connectivity index is 1.89. The van der Waals surface area contributed by atoms with Gasteiger partial charge in [0.15, 0.2) is 0 Å². The van der Waals surface area contributed by atoms with E-state index >= 15 is 0 Å². The zero-order valence-corrected chi connectivity index (χ0v) is 12.5. The van der Waals surface area contributed by atoms with E-state index in [-0.39, 0.29) is 0 Å². The number of hydrogen-bond donors (Lipinski definition) is 1. The molecular formula is C18H15NO4. The van der Waals surface area contributed by atoms with E-state index in [4.69, 9.17) is 9.47 Å². The molecule has 0 saturated carbocycles. The molecule has 1 N–H and O–H groups in total. The summed E-state index contributed by atoms with van der Waals surface area (Å²) in [5.41, 5.74) is 1.65. The minimum absolute atomic E-state index is 0.300. The van der Waals surface area contributed by atoms with E-state index < -0.39 is 11.9 Å². The number of aromatic amines is 1. The second kappa shape index (κ2) is 6.36. The molecule has 0 aliphatic carbocycles. The normalized spacial score (nSPS) is 10.5. The van der Waals surface area contributed by atoms with Gasteiger partial charge in [-0.25, -0.2) is 9.59 Å². The Kier molecular flexibility index (Phi) is 4.10. The van der Waals surface area contributed by atoms with E-state index in [1.54, 1.807) is 55.6 Å². The van der Waals surface area contributed by atoms with Gasteiger partial charge < -0.3 is 14.5 Å². The topological polar surface area (TPSA) is 68.4 Å². The maximum atomic E-state index is 12.1. The van der Waals surface area contributed by atoms with Crippen LogP contribution >= 0.6 is 0 Å². The number of benzene rings is 2. The van der Waals surface area contributed by atoms with Gasteiger partial charge in [-0.1, -0.05) is 18.2 Å². The quantitative estimate of drug-likeness (QED) is 0.591. The Bertz CT molecular complexity index is 852. The number of esters is 2. The third kappa shape index (κ3) is 3.08. The lowest BCUT2D eigenvalue weighted by molar-refractivity contribution is 0.0528. The minimum atomic E-state index is -0.446. The first kappa shape index (κ1) is 14.8. The molecule has 5 nitrogen and oxygen atoms in total. The Labute approximate surface area is 132 Å². The number of hydrogen-bond acceptors (Lipinski definition) is 4. The average molecular weight is 309 g/mol. The molecule has 0 bridgehead atoms. The monoisotopic (exact) mass is 309 g/mol. The Morgan fingerprint density at radius 1 is 1.04 bits per heavy atom. The van der Waals surface area contributed by atoms with Crippen LogP contribution in [-0.2, 0) is 4.74 Å². The Morgan fingerprint density at radius 2 is 1.83 bits per heavy atom. The van der Waals surface area contributed by atoms with Crippen molar-refractivity contribution in [3.63, 3.8) is 0 Å². The van der Waals surface area contributed by atoms with Gasteiger partial charge in [0.1, 0.15) is 5.75 Å². The SMILES string of the molecule is CCOC(=O)c1c[nH]c2ccc(OC(=O)c3ccccc3)cc12. The first-order chi connectivity index (χ1) is 11.2. The molecule has 0 aliphatic rings. The Hall–Kier alpha value is -3.08. The van der Waals surface area contributed by atoms with Gasteiger partial charge in [0.25, 0.3) is 0 Å². The van der Waals surface area contributed by atoms with E-state index in [2.05, 4.69) is 4.98 Å². The van der Waals surface area contributed by atoms with Crippen LogP contribution in [0.15, 0.2) is 54.7 Å². The lowest BCUT2D eigenvalue weighted by Gasteiger charge is -2.05. The lowest BCUT2D eigenvalue weighted by Crippen LogP contribution is -2.08. The summed E-state index contributed by atoms with van der Waals surface area (Å²) in [6.45, 7) is 2.05. The number of ether oxygens (including phenoxy) is 2. The van der Waals surface area contributed by atoms with E-state index in [1.807, 2.05) is 6.07 Å². The molecule has 1 heterocycles. The largest absolute Gasteiger partial charge is 0.462 e. The van der Waals surface area contributed by atoms with Gasteiger partial charge >= 0.3 is 11.9 Å². The number of aromatic nitrogens is 1. The molecular weight excluding hydrogens is 294 g/mol. The van der Waals surface area contributed by atoms with Crippen LogP contribution in [0, 0.1) is 0 Å². The standard InChI is InChI=1S/C18H15NO4/c1-2-22-18(21)15-11-19-16-9-8-13(10-14(15)16)23-17(20)12-6-4-3-5-7-12/h3-11,19H,2H2,1H3. The van der Waals surface area contributed by atoms with Crippen molar-refractivity contribution in [3.05, 3.63) is 65.9 Å². The van der Waals surface area contributed by atoms with Crippen molar-refractivity contribution in [2.24, 2.45) is 0 Å². The van der Waals surface area contributed by atoms with Gasteiger partial charge in [-0.05, 0) is 37.3 Å². The van der Waals surface area contributed by atoms with Gasteiger partial charge in [-0.15, -0.1) is 0 Å². The van der Waals surface area contributed by atoms with Gasteiger partial charge in [0.05, 0.1) is 17.7 Å². The molecule has 23 heavy (non-hydrogen) atoms. The highest BCUT2D eigenvalue weighted by molar-refractivity contribution is 6.04. The summed E-state index contributed by atoms with van der Waals surface area (Å²) in [6, 6.07) is 13.8. The van der Waals surface area contributed by atoms with E-state index in [0.717, 1.165) is 5.52 Å². The molecule has 3 aromatic rings. The van der Waals surface area contributed by atoms with Gasteiger partial charge in [-0.3, -0.25) is 0 Å². The average Bonchev–Trinajstić information content (AvgIpc) is 2.99. The van der Waals surface area contributed by atoms with Crippen molar-refractivity contribution in [2.45, 2.75) is 6.92 Å². The summed E-state index contributed by atoms with van der Waals surface area (Å²) < 4.78 is 10.4. The summed E-state index contributed by atoms with van der Waals surface area (Å²) in [5, 5.41) is 0.654. The molecule has 2 aromatic carbocycles. The third-order valence-corrected chi connectivity index (χ3v) is 3.37. The van der Waals surface area contributed by atoms with Gasteiger partial charge in [0.2, 0.25) is 0 Å². The number of carbonyl (C=O) groups excluding carboxylic acids is 2. The summed E-state index contributed by atoms with van der Waals surface area (Å²) in [4.78, 5) is 27.0. The van der Waals surface area contributed by atoms with E-state index in [9.17, 15) is 9.59 Å². The first-order valence-electron chi connectivity index (χ1n) is 7.24. The Morgan fingerprint density at radius 3 is 2.57 bits per heavy atom. The van der Waals surface area contributed by atoms with Crippen LogP contribution in [0.3, 0.4) is 0 Å². The zero-order valence-electron chi connectivity index (χ0n) is 12.5. The molecule has 0 unspecified atom stereocenters. The fourth-order valence-electron chi connectivity index (χ4n) is 2.28. The molecule has 5 heteroatoms. The molecule has 0 spiro atoms. The molecule has 0 saturated heterocycles. The van der Waals surface area contributed by atoms with Crippen molar-refractivity contribution in [1.29, 1.82) is 0 Å². The highest BCUT2D eigenvalue weighted by Crippen LogP contribution is 2.25. The second-order valence-corrected chi connectivity index (χ2v) is 4.89. The maximum Gasteiger partial charge on any atom is 0.343 e. The fourth-order valence-corrected chi connectivity index (χ4v) is 2.28. The van der Waals surface area contributed by atoms with Crippen LogP contribution in [0.1, 0.15) is 27.6 Å². The molecule has 0 amide bonds. The predicted octanol–water partition coefficient (Wildman–Crippen LogP) is 3.56. The summed E-state index contributed by atoms with van der Waals surface area (Å²) in [6.07, 6.45) is 1.59. The smallest absolute Gasteiger partial charge is 0.343 e. The van der Waals surface area contributed by atoms with Crippen molar-refractivity contribution < 1.29 is 19.1 Å². The van der Waals surface area contributed by atoms with Gasteiger partial charge in [-0.2, -0.15) is 0 Å². The van der Waals surface area contributed by atoms with Gasteiger partial charge in [0, 0.05) is 17.1 Å². The highest BCUT2D eigenvalue weighted by Gasteiger charge is 2.15. The van der Waals surface area contributed by atoms with Crippen LogP contribution in [0.4, 0.5) is 0 Å². The van der Waals surface area contributed by atoms with Crippen molar-refractivity contribution >= 4 is 22.8 Å². The fraction of sp³-hybridized carbons (Fsp3) is 0.111. The summed E-state index contributed by atoms with van der Waals surface area (Å²) >= 11 is 0. The van der Waals surface area contributed by atoms with E-state index in [0.29, 0.717) is 28.9 Å². The minimum Gasteiger partial charge on any atom is -0.462 e. The molecule has 3 rings (SSSR count). The maximum absolute atomic E-state index is 12.1. The number of H-pyrrole nitrogens is 1. The molecule has 1 aromatic heterocycles. The van der Waals surface area contributed by atoms with Crippen LogP contribution < -0.4 is 4.74 Å². The summed E-state index contributed by atoms with van der Waals surface area (Å²) in [5.74, 6) is -0.486. The van der Waals surface area contributed by atoms with Crippen LogP contribution in [0.25, 0.3) is 10.9 Å². The van der Waals surface area contributed by atoms with Crippen molar-refractivity contribution in [2.75, 3.05) is 6.61 Å². The van der Waals surface area contributed by atoms with E-state index in [1.165, 1.54) is 0 Å². The molecule has 116 valence electrons. The summed E-state index contributed by atoms with van der Waals surface area (Å²) in [7, 11) is 0. The second-order valence-electron chi connectivity index (χ2n) is 4.89. The number of rotatable bonds is 4. The van der Waals surface area contributed by atoms with Crippen molar-refractivity contribution in [3.8, 4) is 5.75 Å². The van der Waals surface area contributed by atoms with Crippen LogP contribution in [0.2, 0.25) is 0 Å². The third-order valence-electron chi connectivity index (χ3n) is 3.37. The predicted molar refractivity (Wildman–Crippen MR) is 85.7 cm³/mol. The number of nitrogens with one attached hydrogen (secondary N) is 1. The first-order valence-corrected chi connectivity index (χ1v) is 7.24. The van der Waals surface area contributed by atoms with Crippen molar-refractivity contribution in [1.82, 2.24) is 4.98 Å². The van der Waals surface area contributed by atoms with Crippen LogP contribution in [-0.4, -0.2) is 23.5 Å². The molecule has 0 aliphatic heterocycles. The lowest BCUT2D eigenvalue weighted by atomic mass is 10.1. The zero-order chi connectivity index (χ0) is 16.2.